The number of carbonyl (C=O) groups excluding carboxylic acids is 2. The highest BCUT2D eigenvalue weighted by molar-refractivity contribution is 6.61. The van der Waals surface area contributed by atoms with Crippen LogP contribution in [0.3, 0.4) is 0 Å². The van der Waals surface area contributed by atoms with Crippen LogP contribution in [0.1, 0.15) is 85.1 Å². The molecule has 0 spiro atoms. The molecule has 7 atom stereocenters. The van der Waals surface area contributed by atoms with E-state index in [0.29, 0.717) is 30.6 Å². The zero-order valence-corrected chi connectivity index (χ0v) is 24.1. The fourth-order valence-corrected chi connectivity index (χ4v) is 7.58. The minimum atomic E-state index is -1.03. The Morgan fingerprint density at radius 1 is 1.36 bits per heavy atom. The van der Waals surface area contributed by atoms with E-state index in [2.05, 4.69) is 32.3 Å². The van der Waals surface area contributed by atoms with Crippen LogP contribution in [-0.4, -0.2) is 52.8 Å². The largest absolute Gasteiger partial charge is 0.492 e. The van der Waals surface area contributed by atoms with Crippen LogP contribution in [0.25, 0.3) is 0 Å². The number of carbonyl (C=O) groups is 2. The van der Waals surface area contributed by atoms with E-state index in [9.17, 15) is 19.7 Å². The quantitative estimate of drug-likeness (QED) is 0.276. The highest BCUT2D eigenvalue weighted by Crippen LogP contribution is 2.63. The summed E-state index contributed by atoms with van der Waals surface area (Å²) >= 11 is 0. The summed E-state index contributed by atoms with van der Waals surface area (Å²) in [7, 11) is -1.03. The first-order valence-corrected chi connectivity index (χ1v) is 14.3. The maximum absolute atomic E-state index is 13.3. The van der Waals surface area contributed by atoms with Gasteiger partial charge in [-0.2, -0.15) is 0 Å². The number of pyridine rings is 1. The highest BCUT2D eigenvalue weighted by Gasteiger charge is 2.59. The first-order chi connectivity index (χ1) is 18.4. The minimum Gasteiger partial charge on any atom is -0.466 e. The molecule has 0 amide bonds. The van der Waals surface area contributed by atoms with Crippen LogP contribution in [-0.2, 0) is 25.6 Å². The van der Waals surface area contributed by atoms with Gasteiger partial charge in [0, 0.05) is 29.5 Å². The summed E-state index contributed by atoms with van der Waals surface area (Å²) in [6.07, 6.45) is 7.36. The fourth-order valence-electron chi connectivity index (χ4n) is 7.58. The molecule has 1 aromatic heterocycles. The number of hydrogen-bond acceptors (Lipinski definition) is 8. The van der Waals surface area contributed by atoms with Gasteiger partial charge < -0.3 is 29.1 Å². The fraction of sp³-hybridized carbons (Fsp3) is 0.700. The molecule has 0 saturated heterocycles. The molecule has 214 valence electrons. The molecular weight excluding hydrogens is 497 g/mol. The van der Waals surface area contributed by atoms with Gasteiger partial charge in [-0.1, -0.05) is 33.8 Å². The lowest BCUT2D eigenvalue weighted by Gasteiger charge is -2.61. The lowest BCUT2D eigenvalue weighted by atomic mass is 9.46. The number of Topliss-reactive ketones (excluding diaryl/α,β-unsaturated/α-hetero) is 1. The predicted octanol–water partition coefficient (Wildman–Crippen LogP) is 3.75. The monoisotopic (exact) mass is 541 g/mol. The van der Waals surface area contributed by atoms with E-state index in [0.717, 1.165) is 31.2 Å². The first-order valence-electron chi connectivity index (χ1n) is 14.3. The molecule has 2 N–H and O–H groups in total. The predicted molar refractivity (Wildman–Crippen MR) is 148 cm³/mol. The number of esters is 1. The van der Waals surface area contributed by atoms with Gasteiger partial charge in [-0.05, 0) is 73.7 Å². The number of aromatic nitrogens is 1. The Balaban J connectivity index is 1.61. The zero-order chi connectivity index (χ0) is 28.6. The van der Waals surface area contributed by atoms with Crippen LogP contribution in [0.4, 0.5) is 0 Å². The van der Waals surface area contributed by atoms with Gasteiger partial charge in [-0.15, -0.1) is 6.58 Å². The molecule has 0 aromatic carbocycles. The minimum absolute atomic E-state index is 0.0385. The van der Waals surface area contributed by atoms with Crippen LogP contribution in [0.15, 0.2) is 24.9 Å². The smallest absolute Gasteiger partial charge is 0.466 e. The number of nitrogens with zero attached hydrogens (tertiary/aromatic N) is 1. The first kappa shape index (κ1) is 29.8. The van der Waals surface area contributed by atoms with Crippen molar-refractivity contribution in [2.75, 3.05) is 6.61 Å². The molecule has 0 radical (unpaired) electrons. The number of aliphatic hydroxyl groups excluding tert-OH is 1. The molecule has 8 nitrogen and oxygen atoms in total. The average molecular weight is 541 g/mol. The van der Waals surface area contributed by atoms with Gasteiger partial charge in [0.1, 0.15) is 11.9 Å². The number of aliphatic hydroxyl groups is 1. The summed E-state index contributed by atoms with van der Waals surface area (Å²) in [5.41, 5.74) is 0.143. The molecule has 2 aliphatic carbocycles. The van der Waals surface area contributed by atoms with Crippen LogP contribution in [0, 0.1) is 28.1 Å². The third-order valence-electron chi connectivity index (χ3n) is 10.5. The van der Waals surface area contributed by atoms with E-state index in [1.54, 1.807) is 25.3 Å². The van der Waals surface area contributed by atoms with E-state index in [1.807, 2.05) is 6.92 Å². The van der Waals surface area contributed by atoms with Gasteiger partial charge in [0.25, 0.3) is 0 Å². The number of rotatable bonds is 9. The maximum atomic E-state index is 13.3. The lowest BCUT2D eigenvalue weighted by Crippen LogP contribution is -2.59. The van der Waals surface area contributed by atoms with Crippen molar-refractivity contribution in [3.05, 3.63) is 30.5 Å². The van der Waals surface area contributed by atoms with Gasteiger partial charge >= 0.3 is 13.1 Å². The van der Waals surface area contributed by atoms with E-state index >= 15 is 0 Å². The second-order valence-electron chi connectivity index (χ2n) is 12.6. The van der Waals surface area contributed by atoms with Gasteiger partial charge in [0.15, 0.2) is 6.61 Å². The molecule has 4 rings (SSSR count). The number of hydrogen-bond donors (Lipinski definition) is 2. The molecule has 0 unspecified atom stereocenters. The summed E-state index contributed by atoms with van der Waals surface area (Å²) < 4.78 is 17.2. The molecule has 1 aromatic rings. The van der Waals surface area contributed by atoms with Crippen molar-refractivity contribution in [2.45, 2.75) is 98.4 Å². The molecule has 2 bridgehead atoms. The summed E-state index contributed by atoms with van der Waals surface area (Å²) in [6.45, 7) is 14.2. The lowest BCUT2D eigenvalue weighted by molar-refractivity contribution is -0.195. The molecule has 2 saturated carbocycles. The van der Waals surface area contributed by atoms with Crippen molar-refractivity contribution in [2.24, 2.45) is 28.1 Å². The van der Waals surface area contributed by atoms with E-state index in [-0.39, 0.29) is 41.6 Å². The second-order valence-corrected chi connectivity index (χ2v) is 12.6. The number of fused-ring (bicyclic) bond motifs is 3. The van der Waals surface area contributed by atoms with Crippen molar-refractivity contribution in [3.63, 3.8) is 0 Å². The maximum Gasteiger partial charge on any atom is 0.492 e. The summed E-state index contributed by atoms with van der Waals surface area (Å²) in [5, 5.41) is 21.7. The van der Waals surface area contributed by atoms with Gasteiger partial charge in [-0.25, -0.2) is 9.78 Å². The van der Waals surface area contributed by atoms with Gasteiger partial charge in [0.2, 0.25) is 5.88 Å². The van der Waals surface area contributed by atoms with Crippen molar-refractivity contribution in [3.8, 4) is 5.88 Å². The zero-order valence-electron chi connectivity index (χ0n) is 24.1. The van der Waals surface area contributed by atoms with Gasteiger partial charge in [-0.3, -0.25) is 0 Å². The molecule has 2 fully saturated rings. The Bertz CT molecular complexity index is 1100. The summed E-state index contributed by atoms with van der Waals surface area (Å²) in [4.78, 5) is 29.6. The highest BCUT2D eigenvalue weighted by atomic mass is 16.6. The van der Waals surface area contributed by atoms with Gasteiger partial charge in [0.05, 0.1) is 12.7 Å². The third kappa shape index (κ3) is 5.55. The SMILES string of the molecule is C=C[C@]1(C)C[C@@H](OC(=O)COc2cc3c(cn2)COB3O)[C@@]2(CC)C[C@](CCC(C)=O)(CC[C@H]2C)[C@@H](C)[C@@H]1O. The summed E-state index contributed by atoms with van der Waals surface area (Å²) in [5.74, 6) is 0.118. The Hall–Kier alpha value is -2.23. The van der Waals surface area contributed by atoms with Crippen molar-refractivity contribution in [1.29, 1.82) is 0 Å². The van der Waals surface area contributed by atoms with Crippen molar-refractivity contribution >= 4 is 24.3 Å². The summed E-state index contributed by atoms with van der Waals surface area (Å²) in [6, 6.07) is 1.59. The molecular formula is C30H44BNO7. The van der Waals surface area contributed by atoms with Crippen LogP contribution in [0.5, 0.6) is 5.88 Å². The number of ketones is 1. The normalized spacial score (nSPS) is 35.9. The van der Waals surface area contributed by atoms with Crippen molar-refractivity contribution in [1.82, 2.24) is 4.98 Å². The van der Waals surface area contributed by atoms with Crippen molar-refractivity contribution < 1.29 is 33.8 Å². The Labute approximate surface area is 232 Å². The standard InChI is InChI=1S/C30H44BNO7/c1-7-28(6)14-24(39-26(34)17-37-25-13-23-22(15-32-25)16-38-31(23)36)30(8-2)18-29(11-9-19(30)3,12-10-20(4)33)21(5)27(28)35/h7,13,15,19,21,24,27,35-36H,1,8-12,14,16-18H2,2-6H3/t19-,21+,24-,27+,28-,29-,30+/m1/s1. The topological polar surface area (TPSA) is 115 Å². The van der Waals surface area contributed by atoms with Crippen LogP contribution >= 0.6 is 0 Å². The van der Waals surface area contributed by atoms with E-state index < -0.39 is 30.7 Å². The third-order valence-corrected chi connectivity index (χ3v) is 10.5. The van der Waals surface area contributed by atoms with Crippen LogP contribution < -0.4 is 10.2 Å². The molecule has 39 heavy (non-hydrogen) atoms. The number of ether oxygens (including phenoxy) is 2. The van der Waals surface area contributed by atoms with E-state index in [4.69, 9.17) is 14.1 Å². The Morgan fingerprint density at radius 2 is 2.10 bits per heavy atom. The molecule has 2 heterocycles. The Morgan fingerprint density at radius 3 is 2.77 bits per heavy atom. The molecule has 1 aliphatic heterocycles. The molecule has 9 heteroatoms. The average Bonchev–Trinajstić information content (AvgIpc) is 3.29. The van der Waals surface area contributed by atoms with Crippen LogP contribution in [0.2, 0.25) is 0 Å². The second kappa shape index (κ2) is 11.3. The molecule has 3 aliphatic rings. The van der Waals surface area contributed by atoms with E-state index in [1.165, 1.54) is 0 Å². The Kier molecular flexibility index (Phi) is 8.65.